The molecule has 2 saturated heterocycles. The molecule has 0 aliphatic carbocycles. The van der Waals surface area contributed by atoms with Crippen molar-refractivity contribution >= 4 is 5.91 Å². The first-order chi connectivity index (χ1) is 9.26. The van der Waals surface area contributed by atoms with E-state index in [1.165, 1.54) is 6.42 Å². The van der Waals surface area contributed by atoms with Crippen molar-refractivity contribution in [1.82, 2.24) is 10.2 Å². The van der Waals surface area contributed by atoms with E-state index in [9.17, 15) is 9.90 Å². The van der Waals surface area contributed by atoms with Crippen LogP contribution >= 0.6 is 0 Å². The molecule has 2 heterocycles. The molecule has 2 rings (SSSR count). The highest BCUT2D eigenvalue weighted by atomic mass is 16.5. The van der Waals surface area contributed by atoms with Crippen molar-refractivity contribution in [2.75, 3.05) is 32.8 Å². The lowest BCUT2D eigenvalue weighted by atomic mass is 9.97. The van der Waals surface area contributed by atoms with E-state index in [0.29, 0.717) is 25.7 Å². The number of rotatable bonds is 6. The van der Waals surface area contributed by atoms with Gasteiger partial charge in [0.15, 0.2) is 0 Å². The van der Waals surface area contributed by atoms with Crippen LogP contribution in [0.3, 0.4) is 0 Å². The van der Waals surface area contributed by atoms with Crippen molar-refractivity contribution in [2.45, 2.75) is 44.8 Å². The van der Waals surface area contributed by atoms with E-state index in [2.05, 4.69) is 12.2 Å². The van der Waals surface area contributed by atoms with Gasteiger partial charge in [-0.2, -0.15) is 0 Å². The molecular formula is C14H26N2O3. The van der Waals surface area contributed by atoms with Gasteiger partial charge >= 0.3 is 0 Å². The van der Waals surface area contributed by atoms with Gasteiger partial charge in [0.1, 0.15) is 0 Å². The molecule has 1 amide bonds. The van der Waals surface area contributed by atoms with Gasteiger partial charge < -0.3 is 20.1 Å². The maximum absolute atomic E-state index is 12.6. The summed E-state index contributed by atoms with van der Waals surface area (Å²) < 4.78 is 5.61. The monoisotopic (exact) mass is 270 g/mol. The summed E-state index contributed by atoms with van der Waals surface area (Å²) in [6, 6.07) is 0.387. The van der Waals surface area contributed by atoms with Crippen LogP contribution in [0.15, 0.2) is 0 Å². The quantitative estimate of drug-likeness (QED) is 0.732. The first-order valence-corrected chi connectivity index (χ1v) is 7.51. The summed E-state index contributed by atoms with van der Waals surface area (Å²) in [6.45, 7) is 4.96. The number of aliphatic hydroxyl groups is 1. The summed E-state index contributed by atoms with van der Waals surface area (Å²) in [5.74, 6) is 0.144. The van der Waals surface area contributed by atoms with Crippen molar-refractivity contribution < 1.29 is 14.6 Å². The molecule has 3 unspecified atom stereocenters. The predicted molar refractivity (Wildman–Crippen MR) is 72.8 cm³/mol. The zero-order valence-electron chi connectivity index (χ0n) is 11.8. The molecule has 3 atom stereocenters. The van der Waals surface area contributed by atoms with Crippen LogP contribution in [0.1, 0.15) is 32.6 Å². The minimum atomic E-state index is -0.0158. The van der Waals surface area contributed by atoms with E-state index >= 15 is 0 Å². The maximum atomic E-state index is 12.6. The zero-order valence-corrected chi connectivity index (χ0v) is 11.8. The second-order valence-corrected chi connectivity index (χ2v) is 5.51. The van der Waals surface area contributed by atoms with E-state index in [-0.39, 0.29) is 24.5 Å². The molecule has 0 bridgehead atoms. The summed E-state index contributed by atoms with van der Waals surface area (Å²) in [4.78, 5) is 14.4. The molecule has 0 saturated carbocycles. The Morgan fingerprint density at radius 1 is 1.47 bits per heavy atom. The molecule has 5 heteroatoms. The fraction of sp³-hybridized carbons (Fsp3) is 0.929. The minimum Gasteiger partial charge on any atom is -0.395 e. The number of aliphatic hydroxyl groups excluding tert-OH is 1. The second kappa shape index (κ2) is 7.22. The smallest absolute Gasteiger partial charge is 0.228 e. The Hall–Kier alpha value is -0.650. The van der Waals surface area contributed by atoms with Crippen LogP contribution in [-0.2, 0) is 9.53 Å². The lowest BCUT2D eigenvalue weighted by molar-refractivity contribution is -0.138. The number of nitrogens with one attached hydrogen (secondary N) is 1. The van der Waals surface area contributed by atoms with Crippen molar-refractivity contribution in [3.63, 3.8) is 0 Å². The Labute approximate surface area is 115 Å². The Balaban J connectivity index is 1.94. The van der Waals surface area contributed by atoms with Gasteiger partial charge in [0.25, 0.3) is 0 Å². The molecule has 2 fully saturated rings. The predicted octanol–water partition coefficient (Wildman–Crippen LogP) is 0.374. The molecule has 0 aromatic heterocycles. The van der Waals surface area contributed by atoms with E-state index < -0.39 is 0 Å². The van der Waals surface area contributed by atoms with Gasteiger partial charge in [-0.1, -0.05) is 6.92 Å². The molecule has 0 aromatic rings. The molecule has 2 N–H and O–H groups in total. The molecule has 2 aliphatic rings. The molecule has 19 heavy (non-hydrogen) atoms. The summed E-state index contributed by atoms with van der Waals surface area (Å²) in [5, 5.41) is 12.6. The fourth-order valence-corrected chi connectivity index (χ4v) is 3.16. The number of hydrogen-bond acceptors (Lipinski definition) is 4. The van der Waals surface area contributed by atoms with Crippen LogP contribution in [0.5, 0.6) is 0 Å². The molecular weight excluding hydrogens is 244 g/mol. The van der Waals surface area contributed by atoms with Crippen LogP contribution in [0.4, 0.5) is 0 Å². The Morgan fingerprint density at radius 3 is 2.95 bits per heavy atom. The molecule has 0 radical (unpaired) electrons. The van der Waals surface area contributed by atoms with Gasteiger partial charge in [-0.25, -0.2) is 0 Å². The minimum absolute atomic E-state index is 0.0158. The molecule has 0 aromatic carbocycles. The van der Waals surface area contributed by atoms with E-state index in [1.807, 2.05) is 4.90 Å². The largest absolute Gasteiger partial charge is 0.395 e. The number of amides is 1. The summed E-state index contributed by atoms with van der Waals surface area (Å²) in [7, 11) is 0. The lowest BCUT2D eigenvalue weighted by Gasteiger charge is -2.29. The van der Waals surface area contributed by atoms with Crippen molar-refractivity contribution in [2.24, 2.45) is 5.92 Å². The van der Waals surface area contributed by atoms with E-state index in [4.69, 9.17) is 4.74 Å². The summed E-state index contributed by atoms with van der Waals surface area (Å²) in [6.07, 6.45) is 4.05. The Morgan fingerprint density at radius 2 is 2.32 bits per heavy atom. The van der Waals surface area contributed by atoms with Crippen molar-refractivity contribution in [1.29, 1.82) is 0 Å². The third kappa shape index (κ3) is 3.68. The lowest BCUT2D eigenvalue weighted by Crippen LogP contribution is -2.46. The second-order valence-electron chi connectivity index (χ2n) is 5.51. The number of carbonyl (C=O) groups is 1. The first-order valence-electron chi connectivity index (χ1n) is 7.51. The average Bonchev–Trinajstić information content (AvgIpc) is 3.08. The Bertz CT molecular complexity index is 292. The van der Waals surface area contributed by atoms with E-state index in [1.54, 1.807) is 0 Å². The Kier molecular flexibility index (Phi) is 5.60. The number of hydrogen-bond donors (Lipinski definition) is 2. The van der Waals surface area contributed by atoms with Crippen LogP contribution in [0.2, 0.25) is 0 Å². The molecule has 110 valence electrons. The summed E-state index contributed by atoms with van der Waals surface area (Å²) >= 11 is 0. The van der Waals surface area contributed by atoms with Gasteiger partial charge in [-0.3, -0.25) is 4.79 Å². The zero-order chi connectivity index (χ0) is 13.7. The van der Waals surface area contributed by atoms with Crippen molar-refractivity contribution in [3.8, 4) is 0 Å². The number of nitrogens with zero attached hydrogens (tertiary/aromatic N) is 1. The van der Waals surface area contributed by atoms with Gasteiger partial charge in [-0.05, 0) is 32.2 Å². The highest BCUT2D eigenvalue weighted by molar-refractivity contribution is 5.79. The SMILES string of the molecule is CCC1OCCC1C(=O)N(CCO)CC1CCCN1. The molecule has 5 nitrogen and oxygen atoms in total. The van der Waals surface area contributed by atoms with Gasteiger partial charge in [-0.15, -0.1) is 0 Å². The average molecular weight is 270 g/mol. The van der Waals surface area contributed by atoms with Crippen LogP contribution in [0, 0.1) is 5.92 Å². The topological polar surface area (TPSA) is 61.8 Å². The van der Waals surface area contributed by atoms with Crippen LogP contribution in [0.25, 0.3) is 0 Å². The third-order valence-electron chi connectivity index (χ3n) is 4.21. The normalized spacial score (nSPS) is 30.7. The molecule has 0 spiro atoms. The van der Waals surface area contributed by atoms with Crippen LogP contribution < -0.4 is 5.32 Å². The van der Waals surface area contributed by atoms with E-state index in [0.717, 1.165) is 25.8 Å². The molecule has 2 aliphatic heterocycles. The standard InChI is InChI=1S/C14H26N2O3/c1-2-13-12(5-9-19-13)14(18)16(7-8-17)10-11-4-3-6-15-11/h11-13,15,17H,2-10H2,1H3. The number of ether oxygens (including phenoxy) is 1. The first kappa shape index (κ1) is 14.8. The van der Waals surface area contributed by atoms with Gasteiger partial charge in [0.2, 0.25) is 5.91 Å². The highest BCUT2D eigenvalue weighted by Crippen LogP contribution is 2.25. The van der Waals surface area contributed by atoms with Crippen LogP contribution in [-0.4, -0.2) is 60.9 Å². The maximum Gasteiger partial charge on any atom is 0.228 e. The fourth-order valence-electron chi connectivity index (χ4n) is 3.16. The van der Waals surface area contributed by atoms with Crippen molar-refractivity contribution in [3.05, 3.63) is 0 Å². The third-order valence-corrected chi connectivity index (χ3v) is 4.21. The highest BCUT2D eigenvalue weighted by Gasteiger charge is 2.36. The van der Waals surface area contributed by atoms with Gasteiger partial charge in [0, 0.05) is 25.7 Å². The van der Waals surface area contributed by atoms with Gasteiger partial charge in [0.05, 0.1) is 18.6 Å². The summed E-state index contributed by atoms with van der Waals surface area (Å²) in [5.41, 5.74) is 0. The number of carbonyl (C=O) groups excluding carboxylic acids is 1.